The Kier molecular flexibility index (Phi) is 7.94. The molecule has 0 aromatic heterocycles. The van der Waals surface area contributed by atoms with Crippen LogP contribution in [0.3, 0.4) is 0 Å². The lowest BCUT2D eigenvalue weighted by Crippen LogP contribution is -2.46. The number of carbonyl (C=O) groups excluding carboxylic acids is 1. The smallest absolute Gasteiger partial charge is 0.185 e. The summed E-state index contributed by atoms with van der Waals surface area (Å²) in [6, 6.07) is 11.0. The molecule has 3 rings (SSSR count). The Morgan fingerprint density at radius 1 is 1.18 bits per heavy atom. The van der Waals surface area contributed by atoms with E-state index in [2.05, 4.69) is 16.7 Å². The second kappa shape index (κ2) is 10.7. The lowest BCUT2D eigenvalue weighted by atomic mass is 9.97. The minimum Gasteiger partial charge on any atom is -0.507 e. The van der Waals surface area contributed by atoms with E-state index in [9.17, 15) is 9.90 Å². The molecule has 1 aliphatic heterocycles. The predicted octanol–water partition coefficient (Wildman–Crippen LogP) is 3.31. The molecule has 33 heavy (non-hydrogen) atoms. The number of anilines is 2. The third-order valence-corrected chi connectivity index (χ3v) is 6.28. The maximum atomic E-state index is 11.6. The van der Waals surface area contributed by atoms with Gasteiger partial charge in [0.2, 0.25) is 0 Å². The number of rotatable bonds is 8. The monoisotopic (exact) mass is 453 g/mol. The van der Waals surface area contributed by atoms with Crippen molar-refractivity contribution in [3.05, 3.63) is 47.5 Å². The van der Waals surface area contributed by atoms with Gasteiger partial charge in [0.1, 0.15) is 17.7 Å². The molecule has 1 atom stereocenters. The Hall–Kier alpha value is -3.10. The van der Waals surface area contributed by atoms with Gasteiger partial charge in [0.15, 0.2) is 12.1 Å². The van der Waals surface area contributed by atoms with Crippen LogP contribution in [0.4, 0.5) is 11.4 Å². The van der Waals surface area contributed by atoms with Gasteiger partial charge in [-0.15, -0.1) is 0 Å². The lowest BCUT2D eigenvalue weighted by molar-refractivity contribution is -0.102. The third kappa shape index (κ3) is 5.29. The quantitative estimate of drug-likeness (QED) is 0.244. The second-order valence-electron chi connectivity index (χ2n) is 8.56. The zero-order chi connectivity index (χ0) is 24.1. The van der Waals surface area contributed by atoms with E-state index in [1.54, 1.807) is 13.2 Å². The number of phenolic OH excluding ortho intramolecular Hbond substituents is 1. The van der Waals surface area contributed by atoms with E-state index in [-0.39, 0.29) is 17.5 Å². The summed E-state index contributed by atoms with van der Waals surface area (Å²) in [6.07, 6.45) is -0.466. The highest BCUT2D eigenvalue weighted by Crippen LogP contribution is 2.37. The van der Waals surface area contributed by atoms with Crippen molar-refractivity contribution >= 4 is 23.5 Å². The molecule has 0 bridgehead atoms. The molecule has 178 valence electrons. The van der Waals surface area contributed by atoms with Gasteiger partial charge in [-0.05, 0) is 48.4 Å². The van der Waals surface area contributed by atoms with E-state index in [0.29, 0.717) is 23.3 Å². The average Bonchev–Trinajstić information content (AvgIpc) is 2.84. The summed E-state index contributed by atoms with van der Waals surface area (Å²) in [5, 5.41) is 18.9. The van der Waals surface area contributed by atoms with Gasteiger partial charge in [0.25, 0.3) is 0 Å². The number of nitrogens with two attached hydrogens (primary N) is 1. The van der Waals surface area contributed by atoms with Crippen LogP contribution in [0.15, 0.2) is 36.4 Å². The molecule has 8 nitrogen and oxygen atoms in total. The third-order valence-electron chi connectivity index (χ3n) is 6.28. The van der Waals surface area contributed by atoms with Gasteiger partial charge in [-0.1, -0.05) is 20.8 Å². The molecule has 0 aliphatic carbocycles. The number of benzene rings is 2. The standard InChI is InChI=1S/C25H35N5O3/c1-5-28-10-12-29(13-11-28)18-6-8-19(9-7-18)30(24(26)16-31)25(27)21-14-20(17(2)3)23(33-4)15-22(21)32/h6-9,14-17,25-26,32H,5,10-13,27H2,1-4H3. The summed E-state index contributed by atoms with van der Waals surface area (Å²) in [5.74, 6) is 0.381. The van der Waals surface area contributed by atoms with Crippen molar-refractivity contribution in [1.29, 1.82) is 5.41 Å². The summed E-state index contributed by atoms with van der Waals surface area (Å²) in [6.45, 7) is 11.2. The molecule has 2 aromatic rings. The highest BCUT2D eigenvalue weighted by atomic mass is 16.5. The molecule has 8 heteroatoms. The van der Waals surface area contributed by atoms with Crippen LogP contribution < -0.4 is 20.3 Å². The number of nitrogens with one attached hydrogen (secondary N) is 1. The normalized spacial score (nSPS) is 15.4. The van der Waals surface area contributed by atoms with Crippen LogP contribution >= 0.6 is 0 Å². The Bertz CT molecular complexity index is 969. The summed E-state index contributed by atoms with van der Waals surface area (Å²) >= 11 is 0. The van der Waals surface area contributed by atoms with Gasteiger partial charge < -0.3 is 30.3 Å². The number of ether oxygens (including phenoxy) is 1. The highest BCUT2D eigenvalue weighted by Gasteiger charge is 2.26. The Morgan fingerprint density at radius 2 is 1.82 bits per heavy atom. The van der Waals surface area contributed by atoms with Gasteiger partial charge in [-0.2, -0.15) is 0 Å². The van der Waals surface area contributed by atoms with Crippen LogP contribution in [-0.2, 0) is 4.79 Å². The van der Waals surface area contributed by atoms with Crippen LogP contribution in [0, 0.1) is 5.41 Å². The molecule has 2 aromatic carbocycles. The van der Waals surface area contributed by atoms with Gasteiger partial charge in [-0.3, -0.25) is 10.2 Å². The first-order chi connectivity index (χ1) is 15.8. The molecule has 4 N–H and O–H groups in total. The number of carbonyl (C=O) groups is 1. The van der Waals surface area contributed by atoms with E-state index in [4.69, 9.17) is 15.9 Å². The van der Waals surface area contributed by atoms with Crippen molar-refractivity contribution in [2.24, 2.45) is 5.73 Å². The molecule has 1 aliphatic rings. The van der Waals surface area contributed by atoms with E-state index in [0.717, 1.165) is 44.0 Å². The Morgan fingerprint density at radius 3 is 2.33 bits per heavy atom. The van der Waals surface area contributed by atoms with Gasteiger partial charge in [0.05, 0.1) is 7.11 Å². The number of phenols is 1. The van der Waals surface area contributed by atoms with Crippen LogP contribution in [-0.4, -0.2) is 62.0 Å². The van der Waals surface area contributed by atoms with Crippen LogP contribution in [0.2, 0.25) is 0 Å². The maximum Gasteiger partial charge on any atom is 0.185 e. The van der Waals surface area contributed by atoms with Gasteiger partial charge in [0, 0.05) is 49.2 Å². The summed E-state index contributed by atoms with van der Waals surface area (Å²) in [4.78, 5) is 17.7. The van der Waals surface area contributed by atoms with Gasteiger partial charge >= 0.3 is 0 Å². The molecule has 1 heterocycles. The van der Waals surface area contributed by atoms with E-state index in [1.165, 1.54) is 11.0 Å². The molecule has 0 radical (unpaired) electrons. The number of aromatic hydroxyl groups is 1. The molecule has 0 amide bonds. The second-order valence-corrected chi connectivity index (χ2v) is 8.56. The molecule has 1 unspecified atom stereocenters. The molecule has 0 spiro atoms. The molecule has 0 saturated carbocycles. The van der Waals surface area contributed by atoms with Crippen LogP contribution in [0.5, 0.6) is 11.5 Å². The predicted molar refractivity (Wildman–Crippen MR) is 133 cm³/mol. The minimum atomic E-state index is -0.926. The van der Waals surface area contributed by atoms with Crippen molar-refractivity contribution in [2.45, 2.75) is 32.9 Å². The van der Waals surface area contributed by atoms with E-state index in [1.807, 2.05) is 38.1 Å². The van der Waals surface area contributed by atoms with Crippen LogP contribution in [0.1, 0.15) is 44.0 Å². The summed E-state index contributed by atoms with van der Waals surface area (Å²) in [5.41, 5.74) is 9.54. The SMILES string of the molecule is CCN1CCN(c2ccc(N(C(=N)C=O)C(N)c3cc(C(C)C)c(OC)cc3O)cc2)CC1. The average molecular weight is 454 g/mol. The lowest BCUT2D eigenvalue weighted by Gasteiger charge is -2.36. The summed E-state index contributed by atoms with van der Waals surface area (Å²) in [7, 11) is 1.55. The maximum absolute atomic E-state index is 11.6. The first kappa shape index (κ1) is 24.5. The highest BCUT2D eigenvalue weighted by molar-refractivity contribution is 6.32. The van der Waals surface area contributed by atoms with Crippen LogP contribution in [0.25, 0.3) is 0 Å². The zero-order valence-electron chi connectivity index (χ0n) is 19.9. The van der Waals surface area contributed by atoms with E-state index >= 15 is 0 Å². The van der Waals surface area contributed by atoms with Crippen molar-refractivity contribution in [3.63, 3.8) is 0 Å². The number of hydrogen-bond donors (Lipinski definition) is 3. The molecule has 1 saturated heterocycles. The van der Waals surface area contributed by atoms with Crippen molar-refractivity contribution < 1.29 is 14.6 Å². The molecular weight excluding hydrogens is 418 g/mol. The first-order valence-electron chi connectivity index (χ1n) is 11.4. The minimum absolute atomic E-state index is 0.0436. The summed E-state index contributed by atoms with van der Waals surface area (Å²) < 4.78 is 5.40. The number of likely N-dealkylation sites (N-methyl/N-ethyl adjacent to an activating group) is 1. The number of amidine groups is 1. The van der Waals surface area contributed by atoms with Crippen molar-refractivity contribution in [2.75, 3.05) is 49.6 Å². The number of piperazine rings is 1. The molecular formula is C25H35N5O3. The fourth-order valence-corrected chi connectivity index (χ4v) is 4.26. The zero-order valence-corrected chi connectivity index (χ0v) is 19.9. The van der Waals surface area contributed by atoms with Gasteiger partial charge in [-0.25, -0.2) is 0 Å². The fraction of sp³-hybridized carbons (Fsp3) is 0.440. The Labute approximate surface area is 196 Å². The number of aldehydes is 1. The number of nitrogens with zero attached hydrogens (tertiary/aromatic N) is 3. The number of methoxy groups -OCH3 is 1. The first-order valence-corrected chi connectivity index (χ1v) is 11.4. The largest absolute Gasteiger partial charge is 0.507 e. The molecule has 1 fully saturated rings. The fourth-order valence-electron chi connectivity index (χ4n) is 4.26. The van der Waals surface area contributed by atoms with Crippen molar-refractivity contribution in [1.82, 2.24) is 4.90 Å². The Balaban J connectivity index is 1.91. The number of hydrogen-bond acceptors (Lipinski definition) is 7. The van der Waals surface area contributed by atoms with Crippen molar-refractivity contribution in [3.8, 4) is 11.5 Å². The topological polar surface area (TPSA) is 106 Å². The van der Waals surface area contributed by atoms with E-state index < -0.39 is 6.17 Å².